The molecule has 1 N–H and O–H groups in total. The van der Waals surface area contributed by atoms with Gasteiger partial charge < -0.3 is 13.8 Å². The van der Waals surface area contributed by atoms with Gasteiger partial charge in [-0.3, -0.25) is 5.09 Å². The van der Waals surface area contributed by atoms with Gasteiger partial charge in [0.2, 0.25) is 0 Å². The van der Waals surface area contributed by atoms with Gasteiger partial charge in [-0.15, -0.1) is 0 Å². The van der Waals surface area contributed by atoms with E-state index in [1.165, 1.54) is 0 Å². The summed E-state index contributed by atoms with van der Waals surface area (Å²) in [7, 11) is -2.11. The predicted molar refractivity (Wildman–Crippen MR) is 98.4 cm³/mol. The molecule has 3 aromatic carbocycles. The maximum atomic E-state index is 13.3. The lowest BCUT2D eigenvalue weighted by Crippen LogP contribution is -2.09. The molecule has 3 aromatic rings. The van der Waals surface area contributed by atoms with Crippen molar-refractivity contribution in [3.05, 3.63) is 84.9 Å². The third kappa shape index (κ3) is 4.78. The number of hydrogen-bond acceptors (Lipinski definition) is 4. The van der Waals surface area contributed by atoms with Crippen molar-refractivity contribution in [3.63, 3.8) is 0 Å². The molecule has 0 aliphatic rings. The zero-order chi connectivity index (χ0) is 17.5. The average molecular weight is 355 g/mol. The van der Waals surface area contributed by atoms with Crippen molar-refractivity contribution in [2.24, 2.45) is 0 Å². The van der Waals surface area contributed by atoms with Crippen molar-refractivity contribution in [1.82, 2.24) is 0 Å². The van der Waals surface area contributed by atoms with E-state index in [0.29, 0.717) is 22.9 Å². The van der Waals surface area contributed by atoms with Crippen molar-refractivity contribution in [2.45, 2.75) is 0 Å². The molecule has 0 atom stereocenters. The minimum absolute atomic E-state index is 0.447. The molecule has 0 spiro atoms. The number of para-hydroxylation sites is 2. The number of methoxy groups -OCH3 is 1. The summed E-state index contributed by atoms with van der Waals surface area (Å²) in [5, 5.41) is 2.86. The van der Waals surface area contributed by atoms with Crippen molar-refractivity contribution >= 4 is 13.4 Å². The highest BCUT2D eigenvalue weighted by Crippen LogP contribution is 2.48. The van der Waals surface area contributed by atoms with Crippen molar-refractivity contribution in [2.75, 3.05) is 12.2 Å². The molecule has 0 radical (unpaired) electrons. The normalized spacial score (nSPS) is 10.8. The standard InChI is InChI=1S/C19H18NO4P/c1-22-17-14-12-16(13-15-17)20-25(21,23-18-8-4-2-5-9-18)24-19-10-6-3-7-11-19/h2-15H,1H3,(H,20,21). The molecular weight excluding hydrogens is 337 g/mol. The van der Waals surface area contributed by atoms with Gasteiger partial charge in [0.05, 0.1) is 7.11 Å². The highest BCUT2D eigenvalue weighted by Gasteiger charge is 2.29. The first-order valence-corrected chi connectivity index (χ1v) is 9.23. The van der Waals surface area contributed by atoms with E-state index in [9.17, 15) is 4.57 Å². The van der Waals surface area contributed by atoms with Crippen LogP contribution >= 0.6 is 7.75 Å². The number of rotatable bonds is 7. The van der Waals surface area contributed by atoms with Gasteiger partial charge in [-0.2, -0.15) is 0 Å². The van der Waals surface area contributed by atoms with Crippen LogP contribution in [0.4, 0.5) is 5.69 Å². The molecular formula is C19H18NO4P. The lowest BCUT2D eigenvalue weighted by Gasteiger charge is -2.21. The molecule has 0 saturated heterocycles. The number of anilines is 1. The van der Waals surface area contributed by atoms with E-state index in [-0.39, 0.29) is 0 Å². The lowest BCUT2D eigenvalue weighted by molar-refractivity contribution is 0.392. The Bertz CT molecular complexity index is 793. The van der Waals surface area contributed by atoms with Crippen molar-refractivity contribution in [3.8, 4) is 17.2 Å². The smallest absolute Gasteiger partial charge is 0.497 e. The second-order valence-corrected chi connectivity index (χ2v) is 6.73. The Balaban J connectivity index is 1.85. The van der Waals surface area contributed by atoms with Gasteiger partial charge in [0.25, 0.3) is 0 Å². The number of benzene rings is 3. The zero-order valence-electron chi connectivity index (χ0n) is 13.7. The lowest BCUT2D eigenvalue weighted by atomic mass is 10.3. The first-order chi connectivity index (χ1) is 12.2. The summed E-state index contributed by atoms with van der Waals surface area (Å²) < 4.78 is 29.7. The van der Waals surface area contributed by atoms with E-state index in [2.05, 4.69) is 5.09 Å². The Labute approximate surface area is 146 Å². The molecule has 0 saturated carbocycles. The molecule has 0 aliphatic heterocycles. The Kier molecular flexibility index (Phi) is 5.26. The van der Waals surface area contributed by atoms with Crippen LogP contribution in [0.1, 0.15) is 0 Å². The molecule has 0 amide bonds. The van der Waals surface area contributed by atoms with Crippen LogP contribution in [0.2, 0.25) is 0 Å². The molecule has 0 fully saturated rings. The van der Waals surface area contributed by atoms with Gasteiger partial charge in [-0.25, -0.2) is 4.57 Å². The topological polar surface area (TPSA) is 56.8 Å². The third-order valence-electron chi connectivity index (χ3n) is 3.29. The van der Waals surface area contributed by atoms with Crippen LogP contribution in [-0.4, -0.2) is 7.11 Å². The largest absolute Gasteiger partial charge is 0.541 e. The second kappa shape index (κ2) is 7.77. The molecule has 25 heavy (non-hydrogen) atoms. The van der Waals surface area contributed by atoms with Crippen LogP contribution < -0.4 is 18.9 Å². The molecule has 0 unspecified atom stereocenters. The van der Waals surface area contributed by atoms with Gasteiger partial charge in [0.1, 0.15) is 17.2 Å². The number of hydrogen-bond donors (Lipinski definition) is 1. The fourth-order valence-corrected chi connectivity index (χ4v) is 3.52. The minimum Gasteiger partial charge on any atom is -0.497 e. The first kappa shape index (κ1) is 16.9. The fourth-order valence-electron chi connectivity index (χ4n) is 2.13. The van der Waals surface area contributed by atoms with Gasteiger partial charge in [0, 0.05) is 5.69 Å². The summed E-state index contributed by atoms with van der Waals surface area (Å²) in [5.41, 5.74) is 0.594. The molecule has 6 heteroatoms. The van der Waals surface area contributed by atoms with Crippen molar-refractivity contribution in [1.29, 1.82) is 0 Å². The van der Waals surface area contributed by atoms with Crippen LogP contribution in [0.3, 0.4) is 0 Å². The summed E-state index contributed by atoms with van der Waals surface area (Å²) in [6.07, 6.45) is 0. The van der Waals surface area contributed by atoms with Crippen LogP contribution in [-0.2, 0) is 4.57 Å². The van der Waals surface area contributed by atoms with Gasteiger partial charge in [0.15, 0.2) is 0 Å². The molecule has 0 aliphatic carbocycles. The highest BCUT2D eigenvalue weighted by atomic mass is 31.2. The average Bonchev–Trinajstić information content (AvgIpc) is 2.64. The molecule has 3 rings (SSSR count). The second-order valence-electron chi connectivity index (χ2n) is 5.15. The Hall–Kier alpha value is -2.91. The maximum Gasteiger partial charge on any atom is 0.541 e. The van der Waals surface area contributed by atoms with E-state index >= 15 is 0 Å². The monoisotopic (exact) mass is 355 g/mol. The summed E-state index contributed by atoms with van der Waals surface area (Å²) in [5.74, 6) is 1.60. The quantitative estimate of drug-likeness (QED) is 0.577. The summed E-state index contributed by atoms with van der Waals surface area (Å²) in [4.78, 5) is 0. The van der Waals surface area contributed by atoms with E-state index in [4.69, 9.17) is 13.8 Å². The van der Waals surface area contributed by atoms with E-state index < -0.39 is 7.75 Å². The van der Waals surface area contributed by atoms with Gasteiger partial charge >= 0.3 is 7.75 Å². The highest BCUT2D eigenvalue weighted by molar-refractivity contribution is 7.56. The van der Waals surface area contributed by atoms with Gasteiger partial charge in [-0.1, -0.05) is 36.4 Å². The van der Waals surface area contributed by atoms with E-state index in [0.717, 1.165) is 0 Å². The summed E-state index contributed by atoms with van der Waals surface area (Å²) in [6.45, 7) is 0. The number of ether oxygens (including phenoxy) is 1. The van der Waals surface area contributed by atoms with Crippen molar-refractivity contribution < 1.29 is 18.3 Å². The maximum absolute atomic E-state index is 13.3. The van der Waals surface area contributed by atoms with E-state index in [1.807, 2.05) is 12.1 Å². The Morgan fingerprint density at radius 2 is 1.16 bits per heavy atom. The predicted octanol–water partition coefficient (Wildman–Crippen LogP) is 5.37. The minimum atomic E-state index is -3.70. The molecule has 0 aromatic heterocycles. The van der Waals surface area contributed by atoms with Crippen LogP contribution in [0.25, 0.3) is 0 Å². The van der Waals surface area contributed by atoms with Gasteiger partial charge in [-0.05, 0) is 48.5 Å². The van der Waals surface area contributed by atoms with E-state index in [1.54, 1.807) is 79.9 Å². The fraction of sp³-hybridized carbons (Fsp3) is 0.0526. The molecule has 5 nitrogen and oxygen atoms in total. The molecule has 0 heterocycles. The first-order valence-electron chi connectivity index (χ1n) is 7.68. The third-order valence-corrected chi connectivity index (χ3v) is 4.73. The molecule has 0 bridgehead atoms. The molecule has 128 valence electrons. The Morgan fingerprint density at radius 1 is 0.680 bits per heavy atom. The van der Waals surface area contributed by atoms with Crippen LogP contribution in [0.15, 0.2) is 84.9 Å². The van der Waals surface area contributed by atoms with Crippen LogP contribution in [0, 0.1) is 0 Å². The zero-order valence-corrected chi connectivity index (χ0v) is 14.6. The van der Waals surface area contributed by atoms with Crippen LogP contribution in [0.5, 0.6) is 17.2 Å². The Morgan fingerprint density at radius 3 is 1.60 bits per heavy atom. The summed E-state index contributed by atoms with van der Waals surface area (Å²) >= 11 is 0. The summed E-state index contributed by atoms with van der Waals surface area (Å²) in [6, 6.07) is 24.8. The SMILES string of the molecule is COc1ccc(NP(=O)(Oc2ccccc2)Oc2ccccc2)cc1. The number of nitrogens with one attached hydrogen (secondary N) is 1.